The number of nitrogens with one attached hydrogen (secondary N) is 1. The Bertz CT molecular complexity index is 1020. The molecule has 2 amide bonds. The molecule has 1 saturated heterocycles. The van der Waals surface area contributed by atoms with E-state index in [1.807, 2.05) is 0 Å². The van der Waals surface area contributed by atoms with Crippen molar-refractivity contribution in [1.29, 1.82) is 0 Å². The highest BCUT2D eigenvalue weighted by atomic mass is 19.4. The fraction of sp³-hybridized carbons (Fsp3) is 0.333. The third-order valence-corrected chi connectivity index (χ3v) is 5.32. The molecule has 30 heavy (non-hydrogen) atoms. The number of imide groups is 1. The lowest BCUT2D eigenvalue weighted by Gasteiger charge is -2.17. The molecule has 4 rings (SSSR count). The topological polar surface area (TPSA) is 64.6 Å². The number of halogens is 4. The molecule has 1 unspecified atom stereocenters. The second-order valence-corrected chi connectivity index (χ2v) is 7.29. The number of carbonyl (C=O) groups is 2. The SMILES string of the molecule is CC(F)c1cc(C(F)(F)F)ccc1Oc1ccc2c(c1)CC[C@H]2[C@H]1OC(=O)NC1=O. The van der Waals surface area contributed by atoms with E-state index in [4.69, 9.17) is 9.47 Å². The quantitative estimate of drug-likeness (QED) is 0.688. The number of rotatable bonds is 4. The molecule has 2 aromatic rings. The monoisotopic (exact) mass is 423 g/mol. The van der Waals surface area contributed by atoms with Crippen molar-refractivity contribution in [2.45, 2.75) is 44.1 Å². The van der Waals surface area contributed by atoms with Crippen LogP contribution in [0.1, 0.15) is 47.7 Å². The summed E-state index contributed by atoms with van der Waals surface area (Å²) < 4.78 is 63.5. The molecule has 1 N–H and O–H groups in total. The highest BCUT2D eigenvalue weighted by Crippen LogP contribution is 2.41. The molecule has 0 spiro atoms. The maximum absolute atomic E-state index is 14.0. The zero-order chi connectivity index (χ0) is 21.6. The first-order valence-corrected chi connectivity index (χ1v) is 9.31. The number of amides is 2. The molecule has 2 aromatic carbocycles. The van der Waals surface area contributed by atoms with E-state index in [9.17, 15) is 27.2 Å². The molecule has 1 heterocycles. The first-order valence-electron chi connectivity index (χ1n) is 9.31. The lowest BCUT2D eigenvalue weighted by Crippen LogP contribution is -2.28. The average Bonchev–Trinajstić information content (AvgIpc) is 3.22. The summed E-state index contributed by atoms with van der Waals surface area (Å²) in [6.45, 7) is 1.14. The summed E-state index contributed by atoms with van der Waals surface area (Å²) in [6.07, 6.45) is -6.69. The van der Waals surface area contributed by atoms with Crippen LogP contribution in [0.25, 0.3) is 0 Å². The van der Waals surface area contributed by atoms with Crippen molar-refractivity contribution >= 4 is 12.0 Å². The Labute approximate surface area is 169 Å². The molecule has 3 atom stereocenters. The number of hydrogen-bond donors (Lipinski definition) is 1. The van der Waals surface area contributed by atoms with E-state index in [2.05, 4.69) is 5.32 Å². The number of alkyl halides is 4. The summed E-state index contributed by atoms with van der Waals surface area (Å²) in [7, 11) is 0. The summed E-state index contributed by atoms with van der Waals surface area (Å²) >= 11 is 0. The lowest BCUT2D eigenvalue weighted by molar-refractivity contribution is -0.137. The van der Waals surface area contributed by atoms with Crippen molar-refractivity contribution in [1.82, 2.24) is 5.32 Å². The van der Waals surface area contributed by atoms with Crippen molar-refractivity contribution in [3.05, 3.63) is 58.7 Å². The molecule has 9 heteroatoms. The van der Waals surface area contributed by atoms with Crippen molar-refractivity contribution in [2.24, 2.45) is 0 Å². The number of ether oxygens (including phenoxy) is 2. The van der Waals surface area contributed by atoms with Crippen molar-refractivity contribution < 1.29 is 36.6 Å². The minimum absolute atomic E-state index is 0.00315. The van der Waals surface area contributed by atoms with Crippen LogP contribution in [-0.4, -0.2) is 18.1 Å². The van der Waals surface area contributed by atoms with Crippen molar-refractivity contribution in [2.75, 3.05) is 0 Å². The van der Waals surface area contributed by atoms with Crippen LogP contribution in [0.5, 0.6) is 11.5 Å². The molecule has 2 aliphatic rings. The minimum Gasteiger partial charge on any atom is -0.457 e. The maximum Gasteiger partial charge on any atom is 0.416 e. The predicted molar refractivity (Wildman–Crippen MR) is 97.0 cm³/mol. The number of alkyl carbamates (subject to hydrolysis) is 1. The van der Waals surface area contributed by atoms with E-state index in [0.717, 1.165) is 36.2 Å². The van der Waals surface area contributed by atoms with Gasteiger partial charge in [0.1, 0.15) is 17.7 Å². The average molecular weight is 423 g/mol. The Kier molecular flexibility index (Phi) is 4.91. The Morgan fingerprint density at radius 1 is 1.17 bits per heavy atom. The maximum atomic E-state index is 14.0. The van der Waals surface area contributed by atoms with Crippen LogP contribution < -0.4 is 10.1 Å². The second-order valence-electron chi connectivity index (χ2n) is 7.29. The standard InChI is InChI=1S/C21H17F4NO4/c1-10(22)16-9-12(21(23,24)25)3-7-17(16)29-13-4-6-14-11(8-13)2-5-15(14)18-19(27)26-20(28)30-18/h3-4,6-10,15,18H,2,5H2,1H3,(H,26,27,28)/t10?,15-,18-/m1/s1. The second kappa shape index (κ2) is 7.30. The molecule has 1 aliphatic carbocycles. The van der Waals surface area contributed by atoms with Gasteiger partial charge in [-0.1, -0.05) is 6.07 Å². The van der Waals surface area contributed by atoms with Gasteiger partial charge >= 0.3 is 12.3 Å². The Balaban J connectivity index is 1.59. The molecule has 0 bridgehead atoms. The highest BCUT2D eigenvalue weighted by molar-refractivity contribution is 6.00. The van der Waals surface area contributed by atoms with Gasteiger partial charge in [0, 0.05) is 11.5 Å². The van der Waals surface area contributed by atoms with Crippen LogP contribution in [0, 0.1) is 0 Å². The van der Waals surface area contributed by atoms with Crippen molar-refractivity contribution in [3.63, 3.8) is 0 Å². The molecule has 5 nitrogen and oxygen atoms in total. The fourth-order valence-corrected chi connectivity index (χ4v) is 3.90. The van der Waals surface area contributed by atoms with Crippen LogP contribution in [0.15, 0.2) is 36.4 Å². The Morgan fingerprint density at radius 2 is 1.93 bits per heavy atom. The van der Waals surface area contributed by atoms with E-state index >= 15 is 0 Å². The lowest BCUT2D eigenvalue weighted by atomic mass is 9.95. The number of carbonyl (C=O) groups excluding carboxylic acids is 2. The van der Waals surface area contributed by atoms with Crippen LogP contribution in [0.4, 0.5) is 22.4 Å². The number of aryl methyl sites for hydroxylation is 1. The zero-order valence-corrected chi connectivity index (χ0v) is 15.8. The van der Waals surface area contributed by atoms with E-state index in [-0.39, 0.29) is 17.2 Å². The van der Waals surface area contributed by atoms with E-state index in [0.29, 0.717) is 18.6 Å². The van der Waals surface area contributed by atoms with Gasteiger partial charge < -0.3 is 9.47 Å². The fourth-order valence-electron chi connectivity index (χ4n) is 3.90. The van der Waals surface area contributed by atoms with Gasteiger partial charge in [0.15, 0.2) is 6.10 Å². The molecule has 158 valence electrons. The van der Waals surface area contributed by atoms with E-state index in [1.165, 1.54) is 0 Å². The largest absolute Gasteiger partial charge is 0.457 e. The third-order valence-electron chi connectivity index (χ3n) is 5.32. The first-order chi connectivity index (χ1) is 14.1. The van der Waals surface area contributed by atoms with Crippen molar-refractivity contribution in [3.8, 4) is 11.5 Å². The van der Waals surface area contributed by atoms with E-state index in [1.54, 1.807) is 18.2 Å². The van der Waals surface area contributed by atoms with Gasteiger partial charge in [0.05, 0.1) is 5.56 Å². The third kappa shape index (κ3) is 3.71. The van der Waals surface area contributed by atoms with Crippen LogP contribution in [-0.2, 0) is 22.1 Å². The summed E-state index contributed by atoms with van der Waals surface area (Å²) in [5, 5.41) is 2.11. The minimum atomic E-state index is -4.58. The number of benzene rings is 2. The van der Waals surface area contributed by atoms with Crippen LogP contribution >= 0.6 is 0 Å². The Morgan fingerprint density at radius 3 is 2.57 bits per heavy atom. The van der Waals surface area contributed by atoms with Crippen LogP contribution in [0.2, 0.25) is 0 Å². The normalized spacial score (nSPS) is 21.8. The number of cyclic esters (lactones) is 1. The van der Waals surface area contributed by atoms with Gasteiger partial charge in [-0.15, -0.1) is 0 Å². The van der Waals surface area contributed by atoms with Gasteiger partial charge in [0.25, 0.3) is 5.91 Å². The molecular formula is C21H17F4NO4. The predicted octanol–water partition coefficient (Wildman–Crippen LogP) is 5.19. The smallest absolute Gasteiger partial charge is 0.416 e. The first kappa shape index (κ1) is 20.2. The summed E-state index contributed by atoms with van der Waals surface area (Å²) in [6, 6.07) is 7.72. The number of hydrogen-bond acceptors (Lipinski definition) is 4. The van der Waals surface area contributed by atoms with Gasteiger partial charge in [-0.25, -0.2) is 9.18 Å². The summed E-state index contributed by atoms with van der Waals surface area (Å²) in [5.74, 6) is -0.432. The summed E-state index contributed by atoms with van der Waals surface area (Å²) in [5.41, 5.74) is 0.562. The van der Waals surface area contributed by atoms with Gasteiger partial charge in [-0.05, 0) is 61.2 Å². The molecule has 1 fully saturated rings. The van der Waals surface area contributed by atoms with Gasteiger partial charge in [-0.3, -0.25) is 10.1 Å². The van der Waals surface area contributed by atoms with E-state index < -0.39 is 36.0 Å². The highest BCUT2D eigenvalue weighted by Gasteiger charge is 2.42. The molecular weight excluding hydrogens is 406 g/mol. The molecule has 0 saturated carbocycles. The summed E-state index contributed by atoms with van der Waals surface area (Å²) in [4.78, 5) is 23.2. The van der Waals surface area contributed by atoms with Gasteiger partial charge in [0.2, 0.25) is 0 Å². The van der Waals surface area contributed by atoms with Gasteiger partial charge in [-0.2, -0.15) is 13.2 Å². The Hall–Kier alpha value is -3.10. The molecule has 0 radical (unpaired) electrons. The molecule has 0 aromatic heterocycles. The zero-order valence-electron chi connectivity index (χ0n) is 15.8. The van der Waals surface area contributed by atoms with Crippen LogP contribution in [0.3, 0.4) is 0 Å². The number of fused-ring (bicyclic) bond motifs is 1. The molecule has 1 aliphatic heterocycles.